The van der Waals surface area contributed by atoms with Crippen molar-refractivity contribution in [3.05, 3.63) is 11.6 Å². The number of carboxylic acid groups (broad SMARTS) is 1. The van der Waals surface area contributed by atoms with Crippen molar-refractivity contribution in [3.8, 4) is 0 Å². The Morgan fingerprint density at radius 1 is 1.39 bits per heavy atom. The second-order valence-electron chi connectivity index (χ2n) is 5.56. The maximum atomic E-state index is 12.0. The molecule has 1 N–H and O–H groups in total. The van der Waals surface area contributed by atoms with E-state index in [-0.39, 0.29) is 24.5 Å². The van der Waals surface area contributed by atoms with Crippen LogP contribution in [0.2, 0.25) is 0 Å². The molecule has 1 fully saturated rings. The molecule has 0 aromatic rings. The monoisotopic (exact) mass is 255 g/mol. The first-order chi connectivity index (χ1) is 8.21. The summed E-state index contributed by atoms with van der Waals surface area (Å²) in [5.74, 6) is -1.17. The maximum absolute atomic E-state index is 12.0. The van der Waals surface area contributed by atoms with Gasteiger partial charge in [-0.15, -0.1) is 0 Å². The third-order valence-electron chi connectivity index (χ3n) is 3.18. The highest BCUT2D eigenvalue weighted by molar-refractivity contribution is 5.89. The Labute approximate surface area is 107 Å². The number of carbonyl (C=O) groups is 2. The fraction of sp³-hybridized carbons (Fsp3) is 0.692. The molecule has 0 aromatic heterocycles. The summed E-state index contributed by atoms with van der Waals surface area (Å²) in [6.07, 6.45) is 0.676. The summed E-state index contributed by atoms with van der Waals surface area (Å²) in [7, 11) is 0. The van der Waals surface area contributed by atoms with E-state index in [1.165, 1.54) is 4.90 Å². The molecule has 1 saturated heterocycles. The Balaban J connectivity index is 2.70. The molecule has 0 aliphatic carbocycles. The predicted octanol–water partition coefficient (Wildman–Crippen LogP) is 1.29. The lowest BCUT2D eigenvalue weighted by Crippen LogP contribution is -2.48. The van der Waals surface area contributed by atoms with Crippen molar-refractivity contribution in [1.29, 1.82) is 0 Å². The second kappa shape index (κ2) is 5.52. The normalized spacial score (nSPS) is 21.9. The fourth-order valence-electron chi connectivity index (χ4n) is 1.49. The molecule has 0 saturated carbocycles. The van der Waals surface area contributed by atoms with Gasteiger partial charge >= 0.3 is 5.97 Å². The van der Waals surface area contributed by atoms with E-state index in [1.807, 2.05) is 27.7 Å². The van der Waals surface area contributed by atoms with Gasteiger partial charge in [0.25, 0.3) is 0 Å². The van der Waals surface area contributed by atoms with Gasteiger partial charge in [0.05, 0.1) is 13.2 Å². The summed E-state index contributed by atoms with van der Waals surface area (Å²) in [6.45, 7) is 8.83. The summed E-state index contributed by atoms with van der Waals surface area (Å²) in [6, 6.07) is 0. The van der Waals surface area contributed by atoms with Crippen LogP contribution in [-0.2, 0) is 14.3 Å². The number of morpholine rings is 1. The molecule has 1 amide bonds. The SMILES string of the molecule is C/C(=C\C(=O)N1CCOC(C(=O)O)C1)C(C)(C)C. The average Bonchev–Trinajstić information content (AvgIpc) is 2.27. The molecule has 1 rings (SSSR count). The van der Waals surface area contributed by atoms with Crippen LogP contribution in [0.3, 0.4) is 0 Å². The fourth-order valence-corrected chi connectivity index (χ4v) is 1.49. The lowest BCUT2D eigenvalue weighted by Gasteiger charge is -2.30. The van der Waals surface area contributed by atoms with Gasteiger partial charge in [-0.3, -0.25) is 4.79 Å². The van der Waals surface area contributed by atoms with Crippen molar-refractivity contribution in [1.82, 2.24) is 4.90 Å². The minimum absolute atomic E-state index is 0.0614. The first-order valence-corrected chi connectivity index (χ1v) is 6.04. The van der Waals surface area contributed by atoms with Gasteiger partial charge in [0.2, 0.25) is 5.91 Å². The largest absolute Gasteiger partial charge is 0.479 e. The van der Waals surface area contributed by atoms with Crippen LogP contribution in [0.5, 0.6) is 0 Å². The summed E-state index contributed by atoms with van der Waals surface area (Å²) < 4.78 is 5.08. The summed E-state index contributed by atoms with van der Waals surface area (Å²) in [4.78, 5) is 24.4. The van der Waals surface area contributed by atoms with Crippen molar-refractivity contribution in [3.63, 3.8) is 0 Å². The minimum atomic E-state index is -1.02. The van der Waals surface area contributed by atoms with E-state index in [4.69, 9.17) is 9.84 Å². The number of carbonyl (C=O) groups excluding carboxylic acids is 1. The number of rotatable bonds is 2. The zero-order chi connectivity index (χ0) is 13.9. The van der Waals surface area contributed by atoms with Gasteiger partial charge in [-0.2, -0.15) is 0 Å². The Morgan fingerprint density at radius 3 is 2.50 bits per heavy atom. The lowest BCUT2D eigenvalue weighted by molar-refractivity contribution is -0.158. The van der Waals surface area contributed by atoms with Crippen molar-refractivity contribution in [2.45, 2.75) is 33.8 Å². The number of ether oxygens (including phenoxy) is 1. The lowest BCUT2D eigenvalue weighted by atomic mass is 9.87. The molecule has 1 atom stereocenters. The highest BCUT2D eigenvalue weighted by Gasteiger charge is 2.28. The molecule has 5 heteroatoms. The molecule has 1 aliphatic rings. The van der Waals surface area contributed by atoms with Crippen molar-refractivity contribution in [2.75, 3.05) is 19.7 Å². The van der Waals surface area contributed by atoms with Crippen LogP contribution < -0.4 is 0 Å². The molecule has 5 nitrogen and oxygen atoms in total. The Hall–Kier alpha value is -1.36. The summed E-state index contributed by atoms with van der Waals surface area (Å²) >= 11 is 0. The van der Waals surface area contributed by atoms with Crippen molar-refractivity contribution < 1.29 is 19.4 Å². The van der Waals surface area contributed by atoms with Gasteiger partial charge in [-0.1, -0.05) is 26.3 Å². The van der Waals surface area contributed by atoms with Crippen molar-refractivity contribution >= 4 is 11.9 Å². The van der Waals surface area contributed by atoms with Gasteiger partial charge in [-0.25, -0.2) is 4.79 Å². The zero-order valence-corrected chi connectivity index (χ0v) is 11.4. The third-order valence-corrected chi connectivity index (χ3v) is 3.18. The molecule has 1 unspecified atom stereocenters. The third kappa shape index (κ3) is 3.84. The maximum Gasteiger partial charge on any atom is 0.334 e. The number of nitrogens with zero attached hydrogens (tertiary/aromatic N) is 1. The second-order valence-corrected chi connectivity index (χ2v) is 5.56. The quantitative estimate of drug-likeness (QED) is 0.755. The van der Waals surface area contributed by atoms with E-state index in [2.05, 4.69) is 0 Å². The van der Waals surface area contributed by atoms with Crippen LogP contribution in [0.15, 0.2) is 11.6 Å². The topological polar surface area (TPSA) is 66.8 Å². The van der Waals surface area contributed by atoms with Crippen molar-refractivity contribution in [2.24, 2.45) is 5.41 Å². The summed E-state index contributed by atoms with van der Waals surface area (Å²) in [5, 5.41) is 8.87. The molecular formula is C13H21NO4. The molecule has 1 heterocycles. The average molecular weight is 255 g/mol. The van der Waals surface area contributed by atoms with Crippen LogP contribution in [0.4, 0.5) is 0 Å². The zero-order valence-electron chi connectivity index (χ0n) is 11.4. The molecule has 0 radical (unpaired) electrons. The standard InChI is InChI=1S/C13H21NO4/c1-9(13(2,3)4)7-11(15)14-5-6-18-10(8-14)12(16)17/h7,10H,5-6,8H2,1-4H3,(H,16,17)/b9-7+. The van der Waals surface area contributed by atoms with Crippen LogP contribution >= 0.6 is 0 Å². The van der Waals surface area contributed by atoms with Gasteiger partial charge in [-0.05, 0) is 12.3 Å². The van der Waals surface area contributed by atoms with Gasteiger partial charge in [0.15, 0.2) is 6.10 Å². The molecule has 0 aromatic carbocycles. The Morgan fingerprint density at radius 2 is 2.00 bits per heavy atom. The molecule has 0 bridgehead atoms. The highest BCUT2D eigenvalue weighted by atomic mass is 16.5. The smallest absolute Gasteiger partial charge is 0.334 e. The Bertz CT molecular complexity index is 368. The first-order valence-electron chi connectivity index (χ1n) is 6.04. The van der Waals surface area contributed by atoms with E-state index in [0.29, 0.717) is 6.54 Å². The molecule has 18 heavy (non-hydrogen) atoms. The van der Waals surface area contributed by atoms with E-state index in [1.54, 1.807) is 6.08 Å². The molecular weight excluding hydrogens is 234 g/mol. The molecule has 0 spiro atoms. The van der Waals surface area contributed by atoms with E-state index in [9.17, 15) is 9.59 Å². The van der Waals surface area contributed by atoms with Gasteiger partial charge in [0, 0.05) is 12.6 Å². The first kappa shape index (κ1) is 14.7. The molecule has 102 valence electrons. The van der Waals surface area contributed by atoms with Crippen LogP contribution in [-0.4, -0.2) is 47.7 Å². The van der Waals surface area contributed by atoms with E-state index >= 15 is 0 Å². The van der Waals surface area contributed by atoms with E-state index in [0.717, 1.165) is 5.57 Å². The Kier molecular flexibility index (Phi) is 4.51. The number of amides is 1. The highest BCUT2D eigenvalue weighted by Crippen LogP contribution is 2.24. The number of hydrogen-bond donors (Lipinski definition) is 1. The summed E-state index contributed by atoms with van der Waals surface area (Å²) in [5.41, 5.74) is 0.916. The van der Waals surface area contributed by atoms with Gasteiger partial charge < -0.3 is 14.7 Å². The van der Waals surface area contributed by atoms with E-state index < -0.39 is 12.1 Å². The number of allylic oxidation sites excluding steroid dienone is 1. The number of aliphatic carboxylic acids is 1. The minimum Gasteiger partial charge on any atom is -0.479 e. The van der Waals surface area contributed by atoms with Gasteiger partial charge in [0.1, 0.15) is 0 Å². The number of carboxylic acids is 1. The van der Waals surface area contributed by atoms with Crippen LogP contribution in [0.1, 0.15) is 27.7 Å². The number of hydrogen-bond acceptors (Lipinski definition) is 3. The predicted molar refractivity (Wildman–Crippen MR) is 67.2 cm³/mol. The molecule has 1 aliphatic heterocycles. The van der Waals surface area contributed by atoms with Crippen LogP contribution in [0.25, 0.3) is 0 Å². The van der Waals surface area contributed by atoms with Crippen LogP contribution in [0, 0.1) is 5.41 Å².